The van der Waals surface area contributed by atoms with Crippen LogP contribution in [0.5, 0.6) is 0 Å². The summed E-state index contributed by atoms with van der Waals surface area (Å²) in [6, 6.07) is 9.22. The number of carbonyl (C=O) groups is 1. The van der Waals surface area contributed by atoms with Gasteiger partial charge in [0.2, 0.25) is 0 Å². The standard InChI is InChI=1S/C15H9Cl2F3O/c16-11-5-2-6-12(17)14(11)13(21)8-9-3-1-4-10(7-9)15(18,19)20/h1-7H,8H2. The van der Waals surface area contributed by atoms with E-state index in [1.807, 2.05) is 0 Å². The van der Waals surface area contributed by atoms with Gasteiger partial charge in [0.1, 0.15) is 0 Å². The van der Waals surface area contributed by atoms with Crippen molar-refractivity contribution in [2.75, 3.05) is 0 Å². The Balaban J connectivity index is 2.28. The van der Waals surface area contributed by atoms with Crippen molar-refractivity contribution in [3.8, 4) is 0 Å². The number of halogens is 5. The topological polar surface area (TPSA) is 17.1 Å². The van der Waals surface area contributed by atoms with E-state index in [2.05, 4.69) is 0 Å². The second-order valence-electron chi connectivity index (χ2n) is 4.39. The quantitative estimate of drug-likeness (QED) is 0.684. The second-order valence-corrected chi connectivity index (χ2v) is 5.21. The highest BCUT2D eigenvalue weighted by atomic mass is 35.5. The summed E-state index contributed by atoms with van der Waals surface area (Å²) in [5.74, 6) is -0.426. The first-order valence-electron chi connectivity index (χ1n) is 5.92. The zero-order valence-corrected chi connectivity index (χ0v) is 12.1. The lowest BCUT2D eigenvalue weighted by molar-refractivity contribution is -0.137. The number of hydrogen-bond acceptors (Lipinski definition) is 1. The van der Waals surface area contributed by atoms with Crippen LogP contribution in [-0.4, -0.2) is 5.78 Å². The van der Waals surface area contributed by atoms with Crippen molar-refractivity contribution in [1.82, 2.24) is 0 Å². The van der Waals surface area contributed by atoms with Crippen LogP contribution < -0.4 is 0 Å². The minimum absolute atomic E-state index is 0.123. The smallest absolute Gasteiger partial charge is 0.294 e. The van der Waals surface area contributed by atoms with E-state index < -0.39 is 17.5 Å². The average Bonchev–Trinajstić information content (AvgIpc) is 2.37. The van der Waals surface area contributed by atoms with E-state index in [-0.39, 0.29) is 27.6 Å². The van der Waals surface area contributed by atoms with Crippen molar-refractivity contribution in [1.29, 1.82) is 0 Å². The summed E-state index contributed by atoms with van der Waals surface area (Å²) in [7, 11) is 0. The fourth-order valence-electron chi connectivity index (χ4n) is 1.90. The van der Waals surface area contributed by atoms with Gasteiger partial charge in [0.05, 0.1) is 21.2 Å². The molecule has 0 aliphatic carbocycles. The first kappa shape index (κ1) is 15.9. The molecule has 0 spiro atoms. The molecule has 0 saturated carbocycles. The van der Waals surface area contributed by atoms with Crippen molar-refractivity contribution in [2.24, 2.45) is 0 Å². The van der Waals surface area contributed by atoms with E-state index in [1.165, 1.54) is 24.3 Å². The third-order valence-electron chi connectivity index (χ3n) is 2.86. The van der Waals surface area contributed by atoms with Crippen molar-refractivity contribution in [3.05, 3.63) is 69.2 Å². The first-order chi connectivity index (χ1) is 9.79. The van der Waals surface area contributed by atoms with Crippen molar-refractivity contribution >= 4 is 29.0 Å². The van der Waals surface area contributed by atoms with Crippen LogP contribution in [0.2, 0.25) is 10.0 Å². The van der Waals surface area contributed by atoms with Gasteiger partial charge in [-0.1, -0.05) is 47.5 Å². The molecule has 0 bridgehead atoms. The zero-order chi connectivity index (χ0) is 15.6. The minimum atomic E-state index is -4.44. The van der Waals surface area contributed by atoms with Gasteiger partial charge in [-0.25, -0.2) is 0 Å². The maximum absolute atomic E-state index is 12.6. The molecule has 2 aromatic carbocycles. The van der Waals surface area contributed by atoms with Crippen LogP contribution in [0.4, 0.5) is 13.2 Å². The highest BCUT2D eigenvalue weighted by molar-refractivity contribution is 6.39. The number of benzene rings is 2. The molecular formula is C15H9Cl2F3O. The molecule has 0 radical (unpaired) electrons. The molecule has 2 rings (SSSR count). The number of Topliss-reactive ketones (excluding diaryl/α,β-unsaturated/α-hetero) is 1. The third kappa shape index (κ3) is 3.77. The summed E-state index contributed by atoms with van der Waals surface area (Å²) in [6.45, 7) is 0. The van der Waals surface area contributed by atoms with E-state index in [1.54, 1.807) is 6.07 Å². The summed E-state index contributed by atoms with van der Waals surface area (Å²) in [4.78, 5) is 12.2. The van der Waals surface area contributed by atoms with E-state index >= 15 is 0 Å². The Kier molecular flexibility index (Phi) is 4.59. The molecule has 0 aromatic heterocycles. The lowest BCUT2D eigenvalue weighted by Gasteiger charge is -2.09. The van der Waals surface area contributed by atoms with Gasteiger partial charge in [0.25, 0.3) is 0 Å². The lowest BCUT2D eigenvalue weighted by Crippen LogP contribution is -2.08. The van der Waals surface area contributed by atoms with Gasteiger partial charge in [-0.15, -0.1) is 0 Å². The molecular weight excluding hydrogens is 324 g/mol. The molecule has 110 valence electrons. The molecule has 0 fully saturated rings. The van der Waals surface area contributed by atoms with E-state index in [0.29, 0.717) is 0 Å². The molecule has 0 N–H and O–H groups in total. The van der Waals surface area contributed by atoms with Crippen LogP contribution in [0.15, 0.2) is 42.5 Å². The van der Waals surface area contributed by atoms with Crippen molar-refractivity contribution < 1.29 is 18.0 Å². The van der Waals surface area contributed by atoms with E-state index in [9.17, 15) is 18.0 Å². The predicted octanol–water partition coefficient (Wildman–Crippen LogP) is 5.44. The van der Waals surface area contributed by atoms with Gasteiger partial charge in [-0.05, 0) is 23.8 Å². The molecule has 0 saturated heterocycles. The molecule has 0 aliphatic heterocycles. The summed E-state index contributed by atoms with van der Waals surface area (Å²) >= 11 is 11.8. The Morgan fingerprint density at radius 2 is 1.57 bits per heavy atom. The number of alkyl halides is 3. The molecule has 0 unspecified atom stereocenters. The van der Waals surface area contributed by atoms with Crippen molar-refractivity contribution in [3.63, 3.8) is 0 Å². The van der Waals surface area contributed by atoms with Crippen LogP contribution in [0.3, 0.4) is 0 Å². The maximum atomic E-state index is 12.6. The SMILES string of the molecule is O=C(Cc1cccc(C(F)(F)F)c1)c1c(Cl)cccc1Cl. The van der Waals surface area contributed by atoms with Gasteiger partial charge in [0, 0.05) is 6.42 Å². The monoisotopic (exact) mass is 332 g/mol. The highest BCUT2D eigenvalue weighted by Gasteiger charge is 2.30. The fourth-order valence-corrected chi connectivity index (χ4v) is 2.50. The normalized spacial score (nSPS) is 11.5. The van der Waals surface area contributed by atoms with Gasteiger partial charge in [-0.2, -0.15) is 13.2 Å². The van der Waals surface area contributed by atoms with Crippen LogP contribution in [-0.2, 0) is 12.6 Å². The minimum Gasteiger partial charge on any atom is -0.294 e. The number of ketones is 1. The van der Waals surface area contributed by atoms with Crippen LogP contribution >= 0.6 is 23.2 Å². The molecule has 21 heavy (non-hydrogen) atoms. The summed E-state index contributed by atoms with van der Waals surface area (Å²) in [6.07, 6.45) is -4.64. The van der Waals surface area contributed by atoms with Crippen LogP contribution in [0.25, 0.3) is 0 Å². The highest BCUT2D eigenvalue weighted by Crippen LogP contribution is 2.30. The summed E-state index contributed by atoms with van der Waals surface area (Å²) < 4.78 is 37.9. The molecule has 2 aromatic rings. The average molecular weight is 333 g/mol. The molecule has 0 amide bonds. The second kappa shape index (κ2) is 6.08. The summed E-state index contributed by atoms with van der Waals surface area (Å²) in [5.41, 5.74) is -0.415. The molecule has 0 heterocycles. The van der Waals surface area contributed by atoms with Crippen molar-refractivity contribution in [2.45, 2.75) is 12.6 Å². The van der Waals surface area contributed by atoms with E-state index in [4.69, 9.17) is 23.2 Å². The largest absolute Gasteiger partial charge is 0.416 e. The Morgan fingerprint density at radius 1 is 1.00 bits per heavy atom. The summed E-state index contributed by atoms with van der Waals surface area (Å²) in [5, 5.41) is 0.360. The number of hydrogen-bond donors (Lipinski definition) is 0. The third-order valence-corrected chi connectivity index (χ3v) is 3.49. The Hall–Kier alpha value is -1.52. The molecule has 1 nitrogen and oxygen atoms in total. The zero-order valence-electron chi connectivity index (χ0n) is 10.5. The maximum Gasteiger partial charge on any atom is 0.416 e. The van der Waals surface area contributed by atoms with Gasteiger partial charge in [0.15, 0.2) is 5.78 Å². The molecule has 6 heteroatoms. The Morgan fingerprint density at radius 3 is 2.14 bits per heavy atom. The fraction of sp³-hybridized carbons (Fsp3) is 0.133. The molecule has 0 atom stereocenters. The number of rotatable bonds is 3. The molecule has 0 aliphatic rings. The van der Waals surface area contributed by atoms with E-state index in [0.717, 1.165) is 12.1 Å². The van der Waals surface area contributed by atoms with Crippen LogP contribution in [0, 0.1) is 0 Å². The predicted molar refractivity (Wildman–Crippen MR) is 75.9 cm³/mol. The van der Waals surface area contributed by atoms with Gasteiger partial charge >= 0.3 is 6.18 Å². The van der Waals surface area contributed by atoms with Gasteiger partial charge < -0.3 is 0 Å². The number of carbonyl (C=O) groups excluding carboxylic acids is 1. The Bertz CT molecular complexity index is 661. The lowest BCUT2D eigenvalue weighted by atomic mass is 10.0. The first-order valence-corrected chi connectivity index (χ1v) is 6.68. The Labute approximate surface area is 129 Å². The van der Waals surface area contributed by atoms with Crippen LogP contribution in [0.1, 0.15) is 21.5 Å². The van der Waals surface area contributed by atoms with Gasteiger partial charge in [-0.3, -0.25) is 4.79 Å².